The first-order valence-electron chi connectivity index (χ1n) is 7.87. The van der Waals surface area contributed by atoms with Crippen molar-refractivity contribution in [2.24, 2.45) is 0 Å². The minimum Gasteiger partial charge on any atom is -0.351 e. The van der Waals surface area contributed by atoms with Gasteiger partial charge in [0.1, 0.15) is 11.6 Å². The largest absolute Gasteiger partial charge is 0.351 e. The summed E-state index contributed by atoms with van der Waals surface area (Å²) in [5.41, 5.74) is 2.88. The fraction of sp³-hybridized carbons (Fsp3) is 0.167. The fourth-order valence-corrected chi connectivity index (χ4v) is 3.53. The molecule has 0 saturated heterocycles. The average Bonchev–Trinajstić information content (AvgIpc) is 3.31. The molecule has 2 N–H and O–H groups in total. The van der Waals surface area contributed by atoms with Gasteiger partial charge in [-0.25, -0.2) is 9.97 Å². The molecule has 1 fully saturated rings. The van der Waals surface area contributed by atoms with Crippen molar-refractivity contribution >= 4 is 40.6 Å². The van der Waals surface area contributed by atoms with Crippen molar-refractivity contribution in [2.45, 2.75) is 18.9 Å². The van der Waals surface area contributed by atoms with Crippen molar-refractivity contribution in [3.8, 4) is 6.07 Å². The van der Waals surface area contributed by atoms with E-state index in [0.717, 1.165) is 29.1 Å². The van der Waals surface area contributed by atoms with E-state index < -0.39 is 0 Å². The summed E-state index contributed by atoms with van der Waals surface area (Å²) in [5.74, 6) is 0.565. The lowest BCUT2D eigenvalue weighted by Crippen LogP contribution is -2.09. The third-order valence-corrected chi connectivity index (χ3v) is 5.09. The fourth-order valence-electron chi connectivity index (χ4n) is 2.43. The number of halogens is 1. The Morgan fingerprint density at radius 3 is 2.92 bits per heavy atom. The number of aromatic nitrogens is 2. The number of hydrogen-bond acceptors (Lipinski definition) is 6. The van der Waals surface area contributed by atoms with Crippen molar-refractivity contribution in [1.82, 2.24) is 15.3 Å². The normalized spacial score (nSPS) is 18.2. The predicted molar refractivity (Wildman–Crippen MR) is 101 cm³/mol. The van der Waals surface area contributed by atoms with Crippen molar-refractivity contribution in [2.75, 3.05) is 5.32 Å². The zero-order chi connectivity index (χ0) is 17.2. The molecule has 0 bridgehead atoms. The zero-order valence-electron chi connectivity index (χ0n) is 13.2. The SMILES string of the molecule is N#C/C(=C1/NC(c2ccccc2Cl)=CS1)c1ccnc(NC2CC2)n1. The third-order valence-electron chi connectivity index (χ3n) is 3.87. The number of anilines is 1. The van der Waals surface area contributed by atoms with E-state index in [-0.39, 0.29) is 0 Å². The molecular formula is C18H14ClN5S. The molecule has 7 heteroatoms. The molecule has 1 aliphatic carbocycles. The summed E-state index contributed by atoms with van der Waals surface area (Å²) in [6, 6.07) is 12.1. The van der Waals surface area contributed by atoms with Gasteiger partial charge in [0.2, 0.25) is 5.95 Å². The number of nitriles is 1. The molecule has 0 spiro atoms. The molecule has 0 amide bonds. The number of rotatable bonds is 4. The second kappa shape index (κ2) is 6.79. The number of nitrogens with one attached hydrogen (secondary N) is 2. The van der Waals surface area contributed by atoms with Gasteiger partial charge in [0.15, 0.2) is 0 Å². The summed E-state index contributed by atoms with van der Waals surface area (Å²) < 4.78 is 0. The summed E-state index contributed by atoms with van der Waals surface area (Å²) in [6.07, 6.45) is 3.96. The van der Waals surface area contributed by atoms with Crippen molar-refractivity contribution < 1.29 is 0 Å². The van der Waals surface area contributed by atoms with Crippen molar-refractivity contribution in [3.05, 3.63) is 63.2 Å². The van der Waals surface area contributed by atoms with Crippen LogP contribution in [0.25, 0.3) is 11.3 Å². The van der Waals surface area contributed by atoms with Gasteiger partial charge < -0.3 is 10.6 Å². The van der Waals surface area contributed by atoms with Gasteiger partial charge in [0.25, 0.3) is 0 Å². The molecule has 1 aliphatic heterocycles. The minimum absolute atomic E-state index is 0.459. The van der Waals surface area contributed by atoms with Gasteiger partial charge in [0.05, 0.1) is 16.4 Å². The van der Waals surface area contributed by atoms with Crippen LogP contribution in [0.2, 0.25) is 5.02 Å². The molecule has 1 aromatic carbocycles. The van der Waals surface area contributed by atoms with E-state index in [1.807, 2.05) is 29.7 Å². The number of nitrogens with zero attached hydrogens (tertiary/aromatic N) is 3. The molecule has 2 heterocycles. The van der Waals surface area contributed by atoms with Crippen LogP contribution in [-0.4, -0.2) is 16.0 Å². The van der Waals surface area contributed by atoms with E-state index in [1.165, 1.54) is 11.8 Å². The van der Waals surface area contributed by atoms with Gasteiger partial charge in [-0.05, 0) is 25.0 Å². The van der Waals surface area contributed by atoms with Crippen LogP contribution in [0.5, 0.6) is 0 Å². The van der Waals surface area contributed by atoms with E-state index in [2.05, 4.69) is 26.7 Å². The Labute approximate surface area is 154 Å². The maximum atomic E-state index is 9.65. The lowest BCUT2D eigenvalue weighted by atomic mass is 10.1. The van der Waals surface area contributed by atoms with Gasteiger partial charge in [-0.15, -0.1) is 0 Å². The monoisotopic (exact) mass is 367 g/mol. The average molecular weight is 368 g/mol. The summed E-state index contributed by atoms with van der Waals surface area (Å²) in [7, 11) is 0. The van der Waals surface area contributed by atoms with Crippen LogP contribution >= 0.6 is 23.4 Å². The van der Waals surface area contributed by atoms with Crippen molar-refractivity contribution in [1.29, 1.82) is 5.26 Å². The standard InChI is InChI=1S/C18H14ClN5S/c19-14-4-2-1-3-12(14)16-10-25-17(23-16)13(9-20)15-7-8-21-18(24-15)22-11-5-6-11/h1-4,7-8,10-11,23H,5-6H2,(H,21,22,24)/b17-13+. The highest BCUT2D eigenvalue weighted by Gasteiger charge is 2.23. The predicted octanol–water partition coefficient (Wildman–Crippen LogP) is 4.23. The van der Waals surface area contributed by atoms with Crippen LogP contribution in [0, 0.1) is 11.3 Å². The highest BCUT2D eigenvalue weighted by Crippen LogP contribution is 2.36. The zero-order valence-corrected chi connectivity index (χ0v) is 14.7. The van der Waals surface area contributed by atoms with Gasteiger partial charge in [0, 0.05) is 28.2 Å². The van der Waals surface area contributed by atoms with Crippen LogP contribution in [0.3, 0.4) is 0 Å². The Balaban J connectivity index is 1.61. The van der Waals surface area contributed by atoms with E-state index in [1.54, 1.807) is 12.3 Å². The van der Waals surface area contributed by atoms with E-state index in [4.69, 9.17) is 11.6 Å². The first kappa shape index (κ1) is 16.0. The first-order valence-corrected chi connectivity index (χ1v) is 9.13. The molecule has 1 aromatic heterocycles. The second-order valence-corrected chi connectivity index (χ2v) is 7.04. The minimum atomic E-state index is 0.459. The Morgan fingerprint density at radius 1 is 1.32 bits per heavy atom. The Hall–Kier alpha value is -2.49. The maximum Gasteiger partial charge on any atom is 0.223 e. The molecule has 4 rings (SSSR count). The van der Waals surface area contributed by atoms with Crippen LogP contribution in [0.4, 0.5) is 5.95 Å². The molecule has 2 aromatic rings. The summed E-state index contributed by atoms with van der Waals surface area (Å²) >= 11 is 7.72. The lowest BCUT2D eigenvalue weighted by Gasteiger charge is -2.09. The highest BCUT2D eigenvalue weighted by molar-refractivity contribution is 8.06. The van der Waals surface area contributed by atoms with Gasteiger partial charge >= 0.3 is 0 Å². The summed E-state index contributed by atoms with van der Waals surface area (Å²) in [5, 5.41) is 19.6. The highest BCUT2D eigenvalue weighted by atomic mass is 35.5. The lowest BCUT2D eigenvalue weighted by molar-refractivity contribution is 1.04. The van der Waals surface area contributed by atoms with Crippen LogP contribution in [-0.2, 0) is 0 Å². The molecule has 1 saturated carbocycles. The molecule has 124 valence electrons. The molecule has 0 radical (unpaired) electrons. The summed E-state index contributed by atoms with van der Waals surface area (Å²) in [4.78, 5) is 8.70. The topological polar surface area (TPSA) is 73.6 Å². The molecule has 2 aliphatic rings. The van der Waals surface area contributed by atoms with Crippen LogP contribution in [0.15, 0.2) is 47.0 Å². The molecule has 5 nitrogen and oxygen atoms in total. The molecule has 25 heavy (non-hydrogen) atoms. The third kappa shape index (κ3) is 3.48. The second-order valence-electron chi connectivity index (χ2n) is 5.75. The summed E-state index contributed by atoms with van der Waals surface area (Å²) in [6.45, 7) is 0. The molecule has 0 atom stereocenters. The first-order chi connectivity index (χ1) is 12.2. The number of hydrogen-bond donors (Lipinski definition) is 2. The number of thioether (sulfide) groups is 1. The van der Waals surface area contributed by atoms with Gasteiger partial charge in [-0.2, -0.15) is 5.26 Å². The van der Waals surface area contributed by atoms with Crippen LogP contribution in [0.1, 0.15) is 24.1 Å². The maximum absolute atomic E-state index is 9.65. The Morgan fingerprint density at radius 2 is 2.16 bits per heavy atom. The van der Waals surface area contributed by atoms with Gasteiger partial charge in [-0.3, -0.25) is 0 Å². The smallest absolute Gasteiger partial charge is 0.223 e. The number of allylic oxidation sites excluding steroid dienone is 1. The van der Waals surface area contributed by atoms with Crippen molar-refractivity contribution in [3.63, 3.8) is 0 Å². The quantitative estimate of drug-likeness (QED) is 0.788. The Bertz CT molecular complexity index is 927. The molecule has 0 unspecified atom stereocenters. The Kier molecular flexibility index (Phi) is 4.35. The van der Waals surface area contributed by atoms with E-state index in [9.17, 15) is 5.26 Å². The van der Waals surface area contributed by atoms with Crippen LogP contribution < -0.4 is 10.6 Å². The number of benzene rings is 1. The van der Waals surface area contributed by atoms with Gasteiger partial charge in [-0.1, -0.05) is 41.6 Å². The van der Waals surface area contributed by atoms with E-state index >= 15 is 0 Å². The molecular weight excluding hydrogens is 354 g/mol. The van der Waals surface area contributed by atoms with E-state index in [0.29, 0.717) is 28.3 Å².